The third-order valence-electron chi connectivity index (χ3n) is 6.57. The molecule has 0 amide bonds. The third-order valence-corrected chi connectivity index (χ3v) is 6.57. The second kappa shape index (κ2) is 8.36. The summed E-state index contributed by atoms with van der Waals surface area (Å²) in [7, 11) is 0. The van der Waals surface area contributed by atoms with Gasteiger partial charge in [0, 0.05) is 17.0 Å². The van der Waals surface area contributed by atoms with E-state index in [1.54, 1.807) is 6.92 Å². The summed E-state index contributed by atoms with van der Waals surface area (Å²) < 4.78 is 44.8. The molecule has 29 heavy (non-hydrogen) atoms. The van der Waals surface area contributed by atoms with Crippen LogP contribution in [0, 0.1) is 17.3 Å². The fraction of sp³-hybridized carbons (Fsp3) is 0.636. The maximum absolute atomic E-state index is 13.3. The minimum absolute atomic E-state index is 0.0577. The van der Waals surface area contributed by atoms with Crippen molar-refractivity contribution in [1.82, 2.24) is 0 Å². The minimum atomic E-state index is -4.50. The van der Waals surface area contributed by atoms with Crippen molar-refractivity contribution in [2.45, 2.75) is 64.0 Å². The average Bonchev–Trinajstić information content (AvgIpc) is 2.64. The van der Waals surface area contributed by atoms with E-state index in [9.17, 15) is 22.8 Å². The number of carbonyl (C=O) groups excluding carboxylic acids is 2. The van der Waals surface area contributed by atoms with Crippen LogP contribution in [0.3, 0.4) is 0 Å². The quantitative estimate of drug-likeness (QED) is 0.545. The molecular weight excluding hydrogens is 383 g/mol. The lowest BCUT2D eigenvalue weighted by Gasteiger charge is -2.46. The molecule has 0 aliphatic heterocycles. The Balaban J connectivity index is 1.77. The summed E-state index contributed by atoms with van der Waals surface area (Å²) in [6.45, 7) is 1.69. The van der Waals surface area contributed by atoms with E-state index in [1.165, 1.54) is 0 Å². The summed E-state index contributed by atoms with van der Waals surface area (Å²) in [4.78, 5) is 25.3. The van der Waals surface area contributed by atoms with Gasteiger partial charge in [0.05, 0.1) is 19.4 Å². The topological polar surface area (TPSA) is 69.4 Å². The lowest BCUT2D eigenvalue weighted by Crippen LogP contribution is -2.49. The molecule has 2 fully saturated rings. The number of carbonyl (C=O) groups is 2. The van der Waals surface area contributed by atoms with Crippen LogP contribution in [0.25, 0.3) is 0 Å². The number of fused-ring (bicyclic) bond motifs is 1. The normalized spacial score (nSPS) is 29.9. The highest BCUT2D eigenvalue weighted by Crippen LogP contribution is 2.53. The third kappa shape index (κ3) is 4.93. The number of Topliss-reactive ketones (excluding diaryl/α,β-unsaturated/α-hetero) is 1. The summed E-state index contributed by atoms with van der Waals surface area (Å²) in [5, 5.41) is 0. The molecule has 0 heterocycles. The van der Waals surface area contributed by atoms with E-state index in [1.807, 2.05) is 24.3 Å². The van der Waals surface area contributed by atoms with Gasteiger partial charge in [0.2, 0.25) is 0 Å². The standard InChI is InChI=1S/C22H28F3NO3/c1-2-29-19(27)12-21(13-22(23,24)25)10-9-16-11-15(5-8-18(16)20(21)28)14-3-6-17(26)7-4-14/h3-4,6-7,15-16,18H,2,5,8-13,26H2,1H3. The fourth-order valence-corrected chi connectivity index (χ4v) is 5.26. The van der Waals surface area contributed by atoms with Crippen LogP contribution in [0.2, 0.25) is 0 Å². The van der Waals surface area contributed by atoms with Crippen molar-refractivity contribution < 1.29 is 27.5 Å². The van der Waals surface area contributed by atoms with Crippen molar-refractivity contribution in [3.63, 3.8) is 0 Å². The van der Waals surface area contributed by atoms with Gasteiger partial charge in [-0.2, -0.15) is 13.2 Å². The first-order chi connectivity index (χ1) is 13.6. The molecule has 2 aliphatic carbocycles. The maximum atomic E-state index is 13.3. The molecule has 0 bridgehead atoms. The highest BCUT2D eigenvalue weighted by Gasteiger charge is 2.55. The van der Waals surface area contributed by atoms with Crippen LogP contribution < -0.4 is 5.73 Å². The van der Waals surface area contributed by atoms with Gasteiger partial charge in [-0.05, 0) is 68.6 Å². The smallest absolute Gasteiger partial charge is 0.390 e. The second-order valence-corrected chi connectivity index (χ2v) is 8.50. The van der Waals surface area contributed by atoms with E-state index in [2.05, 4.69) is 0 Å². The number of hydrogen-bond acceptors (Lipinski definition) is 4. The Kier molecular flexibility index (Phi) is 6.24. The van der Waals surface area contributed by atoms with Gasteiger partial charge in [-0.25, -0.2) is 0 Å². The van der Waals surface area contributed by atoms with Gasteiger partial charge < -0.3 is 10.5 Å². The van der Waals surface area contributed by atoms with E-state index in [4.69, 9.17) is 10.5 Å². The average molecular weight is 411 g/mol. The van der Waals surface area contributed by atoms with Gasteiger partial charge in [0.15, 0.2) is 0 Å². The van der Waals surface area contributed by atoms with Crippen LogP contribution in [0.1, 0.15) is 63.4 Å². The van der Waals surface area contributed by atoms with Gasteiger partial charge >= 0.3 is 12.1 Å². The number of alkyl halides is 3. The molecule has 0 spiro atoms. The predicted molar refractivity (Wildman–Crippen MR) is 103 cm³/mol. The van der Waals surface area contributed by atoms with Crippen LogP contribution in [0.5, 0.6) is 0 Å². The molecule has 0 saturated heterocycles. The molecule has 4 unspecified atom stereocenters. The summed E-state index contributed by atoms with van der Waals surface area (Å²) in [5.41, 5.74) is 5.91. The lowest BCUT2D eigenvalue weighted by atomic mass is 9.56. The van der Waals surface area contributed by atoms with Gasteiger partial charge in [-0.1, -0.05) is 12.1 Å². The molecule has 2 N–H and O–H groups in total. The highest BCUT2D eigenvalue weighted by molar-refractivity contribution is 5.91. The van der Waals surface area contributed by atoms with Gasteiger partial charge in [0.25, 0.3) is 0 Å². The van der Waals surface area contributed by atoms with E-state index in [0.29, 0.717) is 18.5 Å². The maximum Gasteiger partial charge on any atom is 0.390 e. The Morgan fingerprint density at radius 2 is 1.90 bits per heavy atom. The molecule has 4 atom stereocenters. The van der Waals surface area contributed by atoms with Crippen molar-refractivity contribution in [2.75, 3.05) is 12.3 Å². The number of hydrogen-bond donors (Lipinski definition) is 1. The molecule has 160 valence electrons. The van der Waals surface area contributed by atoms with E-state index >= 15 is 0 Å². The van der Waals surface area contributed by atoms with Crippen LogP contribution in [0.4, 0.5) is 18.9 Å². The Hall–Kier alpha value is -2.05. The van der Waals surface area contributed by atoms with E-state index in [-0.39, 0.29) is 24.9 Å². The number of rotatable bonds is 5. The van der Waals surface area contributed by atoms with E-state index < -0.39 is 42.1 Å². The van der Waals surface area contributed by atoms with Crippen LogP contribution in [0.15, 0.2) is 24.3 Å². The van der Waals surface area contributed by atoms with Crippen LogP contribution >= 0.6 is 0 Å². The van der Waals surface area contributed by atoms with Gasteiger partial charge in [-0.15, -0.1) is 0 Å². The Labute approximate surface area is 169 Å². The molecule has 4 nitrogen and oxygen atoms in total. The first-order valence-corrected chi connectivity index (χ1v) is 10.3. The molecule has 0 aromatic heterocycles. The summed E-state index contributed by atoms with van der Waals surface area (Å²) in [5.74, 6) is -1.19. The highest BCUT2D eigenvalue weighted by atomic mass is 19.4. The Bertz CT molecular complexity index is 747. The summed E-state index contributed by atoms with van der Waals surface area (Å²) in [6, 6.07) is 7.67. The zero-order valence-electron chi connectivity index (χ0n) is 16.6. The van der Waals surface area contributed by atoms with Crippen LogP contribution in [-0.2, 0) is 14.3 Å². The lowest BCUT2D eigenvalue weighted by molar-refractivity contribution is -0.182. The largest absolute Gasteiger partial charge is 0.466 e. The molecule has 3 rings (SSSR count). The zero-order valence-corrected chi connectivity index (χ0v) is 16.6. The number of nitrogen functional groups attached to an aromatic ring is 1. The number of anilines is 1. The SMILES string of the molecule is CCOC(=O)CC1(CC(F)(F)F)CCC2CC(c3ccc(N)cc3)CCC2C1=O. The molecular formula is C22H28F3NO3. The first-order valence-electron chi connectivity index (χ1n) is 10.3. The molecule has 7 heteroatoms. The Morgan fingerprint density at radius 1 is 1.21 bits per heavy atom. The molecule has 2 saturated carbocycles. The number of nitrogens with two attached hydrogens (primary N) is 1. The second-order valence-electron chi connectivity index (χ2n) is 8.50. The summed E-state index contributed by atoms with van der Waals surface area (Å²) in [6.07, 6.45) is -3.54. The van der Waals surface area contributed by atoms with Crippen molar-refractivity contribution in [2.24, 2.45) is 17.3 Å². The fourth-order valence-electron chi connectivity index (χ4n) is 5.26. The van der Waals surface area contributed by atoms with Crippen molar-refractivity contribution >= 4 is 17.4 Å². The Morgan fingerprint density at radius 3 is 2.52 bits per heavy atom. The molecule has 1 aromatic carbocycles. The molecule has 2 aliphatic rings. The van der Waals surface area contributed by atoms with Crippen molar-refractivity contribution in [3.05, 3.63) is 29.8 Å². The predicted octanol–water partition coefficient (Wildman–Crippen LogP) is 5.02. The van der Waals surface area contributed by atoms with E-state index in [0.717, 1.165) is 18.4 Å². The summed E-state index contributed by atoms with van der Waals surface area (Å²) >= 11 is 0. The molecule has 0 radical (unpaired) electrons. The zero-order chi connectivity index (χ0) is 21.2. The minimum Gasteiger partial charge on any atom is -0.466 e. The molecule has 1 aromatic rings. The van der Waals surface area contributed by atoms with Crippen molar-refractivity contribution in [1.29, 1.82) is 0 Å². The monoisotopic (exact) mass is 411 g/mol. The number of ether oxygens (including phenoxy) is 1. The first kappa shape index (κ1) is 21.7. The number of halogens is 3. The van der Waals surface area contributed by atoms with Crippen molar-refractivity contribution in [3.8, 4) is 0 Å². The number of benzene rings is 1. The number of ketones is 1. The van der Waals surface area contributed by atoms with Gasteiger partial charge in [0.1, 0.15) is 5.78 Å². The number of esters is 1. The van der Waals surface area contributed by atoms with Gasteiger partial charge in [-0.3, -0.25) is 9.59 Å². The van der Waals surface area contributed by atoms with Crippen LogP contribution in [-0.4, -0.2) is 24.5 Å².